The molecule has 4 nitrogen and oxygen atoms in total. The molecule has 1 fully saturated rings. The molecule has 0 spiro atoms. The zero-order chi connectivity index (χ0) is 11.3. The summed E-state index contributed by atoms with van der Waals surface area (Å²) in [6.07, 6.45) is 4.52. The maximum Gasteiger partial charge on any atom is 0.219 e. The fourth-order valence-electron chi connectivity index (χ4n) is 2.07. The predicted octanol–water partition coefficient (Wildman–Crippen LogP) is 0.960. The van der Waals surface area contributed by atoms with Crippen LogP contribution in [0.1, 0.15) is 46.0 Å². The van der Waals surface area contributed by atoms with Crippen LogP contribution in [0.15, 0.2) is 0 Å². The number of nitrogens with one attached hydrogen (secondary N) is 2. The summed E-state index contributed by atoms with van der Waals surface area (Å²) in [6, 6.07) is 0.474. The van der Waals surface area contributed by atoms with Gasteiger partial charge in [0.25, 0.3) is 0 Å². The Kier molecular flexibility index (Phi) is 4.59. The van der Waals surface area contributed by atoms with E-state index in [4.69, 9.17) is 0 Å². The summed E-state index contributed by atoms with van der Waals surface area (Å²) in [6.45, 7) is 3.39. The average molecular weight is 212 g/mol. The van der Waals surface area contributed by atoms with Crippen molar-refractivity contribution in [2.75, 3.05) is 0 Å². The van der Waals surface area contributed by atoms with Gasteiger partial charge < -0.3 is 10.6 Å². The van der Waals surface area contributed by atoms with Crippen molar-refractivity contribution in [3.8, 4) is 0 Å². The lowest BCUT2D eigenvalue weighted by Crippen LogP contribution is -2.45. The van der Waals surface area contributed by atoms with Gasteiger partial charge in [-0.1, -0.05) is 6.92 Å². The number of hydrogen-bond donors (Lipinski definition) is 2. The third kappa shape index (κ3) is 4.32. The highest BCUT2D eigenvalue weighted by atomic mass is 16.2. The number of amides is 2. The van der Waals surface area contributed by atoms with E-state index in [2.05, 4.69) is 10.6 Å². The summed E-state index contributed by atoms with van der Waals surface area (Å²) < 4.78 is 0. The topological polar surface area (TPSA) is 58.2 Å². The van der Waals surface area contributed by atoms with Gasteiger partial charge in [0.2, 0.25) is 11.8 Å². The van der Waals surface area contributed by atoms with Gasteiger partial charge >= 0.3 is 0 Å². The second-order valence-corrected chi connectivity index (χ2v) is 4.18. The molecule has 1 rings (SSSR count). The van der Waals surface area contributed by atoms with E-state index in [1.54, 1.807) is 0 Å². The van der Waals surface area contributed by atoms with Crippen LogP contribution in [0, 0.1) is 0 Å². The van der Waals surface area contributed by atoms with E-state index in [1.807, 2.05) is 6.92 Å². The summed E-state index contributed by atoms with van der Waals surface area (Å²) in [5, 5.41) is 5.89. The lowest BCUT2D eigenvalue weighted by molar-refractivity contribution is -0.121. The largest absolute Gasteiger partial charge is 0.354 e. The molecule has 4 heteroatoms. The molecular formula is C11H20N2O2. The van der Waals surface area contributed by atoms with Gasteiger partial charge in [-0.25, -0.2) is 0 Å². The first-order valence-electron chi connectivity index (χ1n) is 5.68. The van der Waals surface area contributed by atoms with Crippen molar-refractivity contribution in [1.29, 1.82) is 0 Å². The second kappa shape index (κ2) is 5.73. The Bertz CT molecular complexity index is 241. The van der Waals surface area contributed by atoms with Crippen molar-refractivity contribution in [2.24, 2.45) is 0 Å². The molecule has 2 N–H and O–H groups in total. The molecule has 2 atom stereocenters. The molecule has 0 aromatic rings. The van der Waals surface area contributed by atoms with Crippen molar-refractivity contribution in [3.63, 3.8) is 0 Å². The normalized spacial score (nSPS) is 25.7. The van der Waals surface area contributed by atoms with Crippen LogP contribution in [0.5, 0.6) is 0 Å². The van der Waals surface area contributed by atoms with Crippen LogP contribution in [-0.2, 0) is 9.59 Å². The van der Waals surface area contributed by atoms with E-state index in [0.29, 0.717) is 6.42 Å². The third-order valence-corrected chi connectivity index (χ3v) is 2.77. The van der Waals surface area contributed by atoms with Crippen molar-refractivity contribution >= 4 is 11.8 Å². The molecule has 0 aliphatic heterocycles. The van der Waals surface area contributed by atoms with Crippen LogP contribution < -0.4 is 10.6 Å². The summed E-state index contributed by atoms with van der Waals surface area (Å²) in [5.74, 6) is 0.117. The highest BCUT2D eigenvalue weighted by molar-refractivity contribution is 5.76. The molecule has 2 amide bonds. The summed E-state index contributed by atoms with van der Waals surface area (Å²) in [5.41, 5.74) is 0. The van der Waals surface area contributed by atoms with E-state index >= 15 is 0 Å². The monoisotopic (exact) mass is 212 g/mol. The molecule has 0 aromatic heterocycles. The van der Waals surface area contributed by atoms with Gasteiger partial charge in [-0.05, 0) is 25.7 Å². The predicted molar refractivity (Wildman–Crippen MR) is 58.3 cm³/mol. The average Bonchev–Trinajstić information content (AvgIpc) is 2.17. The molecule has 86 valence electrons. The standard InChI is InChI=1S/C11H20N2O2/c1-3-11(15)13-10-6-4-5-9(7-10)12-8(2)14/h9-10H,3-7H2,1-2H3,(H,12,14)(H,13,15). The molecule has 0 radical (unpaired) electrons. The second-order valence-electron chi connectivity index (χ2n) is 4.18. The first-order valence-corrected chi connectivity index (χ1v) is 5.68. The quantitative estimate of drug-likeness (QED) is 0.732. The SMILES string of the molecule is CCC(=O)NC1CCCC(NC(C)=O)C1. The van der Waals surface area contributed by atoms with Gasteiger partial charge in [0.1, 0.15) is 0 Å². The molecule has 15 heavy (non-hydrogen) atoms. The maximum atomic E-state index is 11.2. The molecule has 0 heterocycles. The van der Waals surface area contributed by atoms with Crippen LogP contribution in [0.2, 0.25) is 0 Å². The first kappa shape index (κ1) is 12.0. The zero-order valence-electron chi connectivity index (χ0n) is 9.51. The van der Waals surface area contributed by atoms with Crippen LogP contribution >= 0.6 is 0 Å². The number of hydrogen-bond acceptors (Lipinski definition) is 2. The zero-order valence-corrected chi connectivity index (χ0v) is 9.51. The molecule has 2 unspecified atom stereocenters. The summed E-state index contributed by atoms with van der Waals surface area (Å²) in [7, 11) is 0. The van der Waals surface area contributed by atoms with Crippen LogP contribution in [0.4, 0.5) is 0 Å². The van der Waals surface area contributed by atoms with E-state index in [-0.39, 0.29) is 23.9 Å². The van der Waals surface area contributed by atoms with Gasteiger partial charge in [-0.3, -0.25) is 9.59 Å². The van der Waals surface area contributed by atoms with Crippen molar-refractivity contribution < 1.29 is 9.59 Å². The number of rotatable bonds is 3. The molecular weight excluding hydrogens is 192 g/mol. The maximum absolute atomic E-state index is 11.2. The van der Waals surface area contributed by atoms with E-state index in [9.17, 15) is 9.59 Å². The minimum absolute atomic E-state index is 0.0162. The Labute approximate surface area is 90.8 Å². The molecule has 0 bridgehead atoms. The third-order valence-electron chi connectivity index (χ3n) is 2.77. The van der Waals surface area contributed by atoms with Gasteiger partial charge in [-0.2, -0.15) is 0 Å². The minimum atomic E-state index is 0.0162. The molecule has 1 saturated carbocycles. The Morgan fingerprint density at radius 2 is 1.80 bits per heavy atom. The Morgan fingerprint density at radius 3 is 2.33 bits per heavy atom. The van der Waals surface area contributed by atoms with Crippen LogP contribution in [0.25, 0.3) is 0 Å². The Hall–Kier alpha value is -1.06. The van der Waals surface area contributed by atoms with Gasteiger partial charge in [0, 0.05) is 25.4 Å². The molecule has 0 saturated heterocycles. The molecule has 1 aliphatic carbocycles. The Morgan fingerprint density at radius 1 is 1.20 bits per heavy atom. The lowest BCUT2D eigenvalue weighted by Gasteiger charge is -2.30. The van der Waals surface area contributed by atoms with Crippen LogP contribution in [0.3, 0.4) is 0 Å². The van der Waals surface area contributed by atoms with Gasteiger partial charge in [0.15, 0.2) is 0 Å². The minimum Gasteiger partial charge on any atom is -0.354 e. The van der Waals surface area contributed by atoms with Gasteiger partial charge in [0.05, 0.1) is 0 Å². The highest BCUT2D eigenvalue weighted by Crippen LogP contribution is 2.18. The Balaban J connectivity index is 2.35. The van der Waals surface area contributed by atoms with Crippen molar-refractivity contribution in [3.05, 3.63) is 0 Å². The smallest absolute Gasteiger partial charge is 0.219 e. The fourth-order valence-corrected chi connectivity index (χ4v) is 2.07. The molecule has 0 aromatic carbocycles. The van der Waals surface area contributed by atoms with E-state index in [1.165, 1.54) is 6.92 Å². The molecule has 1 aliphatic rings. The summed E-state index contributed by atoms with van der Waals surface area (Å²) in [4.78, 5) is 22.1. The summed E-state index contributed by atoms with van der Waals surface area (Å²) >= 11 is 0. The number of carbonyl (C=O) groups excluding carboxylic acids is 2. The lowest BCUT2D eigenvalue weighted by atomic mass is 9.91. The fraction of sp³-hybridized carbons (Fsp3) is 0.818. The van der Waals surface area contributed by atoms with Crippen LogP contribution in [-0.4, -0.2) is 23.9 Å². The van der Waals surface area contributed by atoms with Gasteiger partial charge in [-0.15, -0.1) is 0 Å². The van der Waals surface area contributed by atoms with E-state index in [0.717, 1.165) is 25.7 Å². The van der Waals surface area contributed by atoms with Crippen molar-refractivity contribution in [2.45, 2.75) is 58.0 Å². The van der Waals surface area contributed by atoms with Crippen molar-refractivity contribution in [1.82, 2.24) is 10.6 Å². The van der Waals surface area contributed by atoms with E-state index < -0.39 is 0 Å². The first-order chi connectivity index (χ1) is 7.11. The highest BCUT2D eigenvalue weighted by Gasteiger charge is 2.23. The number of carbonyl (C=O) groups is 2.